The van der Waals surface area contributed by atoms with Crippen LogP contribution in [-0.4, -0.2) is 41.9 Å². The summed E-state index contributed by atoms with van der Waals surface area (Å²) in [6, 6.07) is 15.7. The number of nitro benzene ring substituents is 1. The van der Waals surface area contributed by atoms with Gasteiger partial charge in [-0.05, 0) is 17.5 Å². The van der Waals surface area contributed by atoms with E-state index in [2.05, 4.69) is 5.32 Å². The number of nitro groups is 1. The van der Waals surface area contributed by atoms with Crippen LogP contribution in [0.25, 0.3) is 0 Å². The van der Waals surface area contributed by atoms with Crippen molar-refractivity contribution in [2.75, 3.05) is 19.8 Å². The molecule has 2 aromatic rings. The molecule has 2 aromatic carbocycles. The van der Waals surface area contributed by atoms with Crippen molar-refractivity contribution < 1.29 is 24.3 Å². The van der Waals surface area contributed by atoms with E-state index in [1.807, 2.05) is 30.3 Å². The third-order valence-electron chi connectivity index (χ3n) is 4.08. The zero-order chi connectivity index (χ0) is 20.9. The molecule has 0 amide bonds. The molecule has 156 valence electrons. The molecule has 0 bridgehead atoms. The van der Waals surface area contributed by atoms with Gasteiger partial charge in [0.2, 0.25) is 0 Å². The van der Waals surface area contributed by atoms with Gasteiger partial charge in [-0.2, -0.15) is 0 Å². The van der Waals surface area contributed by atoms with Crippen molar-refractivity contribution in [1.82, 2.24) is 5.32 Å². The van der Waals surface area contributed by atoms with E-state index in [4.69, 9.17) is 9.47 Å². The van der Waals surface area contributed by atoms with Gasteiger partial charge >= 0.3 is 5.97 Å². The number of hydrogen-bond acceptors (Lipinski definition) is 7. The van der Waals surface area contributed by atoms with Gasteiger partial charge in [0, 0.05) is 38.2 Å². The molecular formula is C21H26N2O6. The van der Waals surface area contributed by atoms with Crippen LogP contribution in [0.1, 0.15) is 24.0 Å². The topological polar surface area (TPSA) is 111 Å². The van der Waals surface area contributed by atoms with Crippen molar-refractivity contribution in [2.24, 2.45) is 0 Å². The average molecular weight is 402 g/mol. The van der Waals surface area contributed by atoms with Crippen molar-refractivity contribution in [3.8, 4) is 0 Å². The van der Waals surface area contributed by atoms with Gasteiger partial charge in [-0.15, -0.1) is 0 Å². The first-order valence-corrected chi connectivity index (χ1v) is 9.44. The van der Waals surface area contributed by atoms with Crippen LogP contribution in [0.2, 0.25) is 0 Å². The smallest absolute Gasteiger partial charge is 0.306 e. The molecule has 0 spiro atoms. The summed E-state index contributed by atoms with van der Waals surface area (Å²) in [4.78, 5) is 21.8. The van der Waals surface area contributed by atoms with E-state index in [9.17, 15) is 20.0 Å². The normalized spacial score (nSPS) is 11.8. The van der Waals surface area contributed by atoms with Gasteiger partial charge in [0.05, 0.1) is 17.6 Å². The third kappa shape index (κ3) is 9.29. The quantitative estimate of drug-likeness (QED) is 0.229. The van der Waals surface area contributed by atoms with Crippen LogP contribution < -0.4 is 5.32 Å². The zero-order valence-corrected chi connectivity index (χ0v) is 16.2. The molecule has 0 aliphatic rings. The van der Waals surface area contributed by atoms with Crippen LogP contribution in [0.15, 0.2) is 54.6 Å². The number of carbonyl (C=O) groups is 1. The highest BCUT2D eigenvalue weighted by molar-refractivity contribution is 5.69. The van der Waals surface area contributed by atoms with Crippen molar-refractivity contribution in [1.29, 1.82) is 0 Å². The lowest BCUT2D eigenvalue weighted by atomic mass is 10.2. The van der Waals surface area contributed by atoms with Gasteiger partial charge in [-0.25, -0.2) is 0 Å². The first-order valence-electron chi connectivity index (χ1n) is 9.44. The molecule has 8 heteroatoms. The number of aliphatic hydroxyl groups is 1. The van der Waals surface area contributed by atoms with Gasteiger partial charge in [0.15, 0.2) is 0 Å². The Labute approximate surface area is 169 Å². The number of esters is 1. The summed E-state index contributed by atoms with van der Waals surface area (Å²) in [6.07, 6.45) is 0.107. The third-order valence-corrected chi connectivity index (χ3v) is 4.08. The van der Waals surface area contributed by atoms with Crippen LogP contribution in [0.4, 0.5) is 5.69 Å². The molecule has 0 fully saturated rings. The number of non-ortho nitro benzene ring substituents is 1. The molecule has 0 radical (unpaired) electrons. The van der Waals surface area contributed by atoms with E-state index in [1.54, 1.807) is 12.1 Å². The van der Waals surface area contributed by atoms with Crippen LogP contribution in [-0.2, 0) is 27.4 Å². The number of rotatable bonds is 13. The summed E-state index contributed by atoms with van der Waals surface area (Å²) in [6.45, 7) is 1.60. The van der Waals surface area contributed by atoms with Gasteiger partial charge < -0.3 is 19.9 Å². The van der Waals surface area contributed by atoms with Crippen LogP contribution in [0, 0.1) is 10.1 Å². The maximum atomic E-state index is 11.7. The molecule has 0 heterocycles. The lowest BCUT2D eigenvalue weighted by Crippen LogP contribution is -2.30. The Morgan fingerprint density at radius 1 is 1.10 bits per heavy atom. The highest BCUT2D eigenvalue weighted by Gasteiger charge is 2.07. The van der Waals surface area contributed by atoms with E-state index in [0.29, 0.717) is 26.1 Å². The van der Waals surface area contributed by atoms with E-state index in [0.717, 1.165) is 11.1 Å². The number of nitrogens with one attached hydrogen (secondary N) is 1. The standard InChI is InChI=1S/C21H26N2O6/c24-20(14-22-13-17-8-10-19(11-9-17)23(26)27)16-28-12-4-7-21(25)29-15-18-5-2-1-3-6-18/h1-3,5-6,8-11,20,22,24H,4,7,12-16H2. The summed E-state index contributed by atoms with van der Waals surface area (Å²) in [5.41, 5.74) is 1.88. The number of benzene rings is 2. The predicted molar refractivity (Wildman–Crippen MR) is 107 cm³/mol. The summed E-state index contributed by atoms with van der Waals surface area (Å²) >= 11 is 0. The molecule has 0 saturated heterocycles. The molecule has 1 atom stereocenters. The predicted octanol–water partition coefficient (Wildman–Crippen LogP) is 2.59. The Balaban J connectivity index is 1.48. The van der Waals surface area contributed by atoms with Gasteiger partial charge in [-0.3, -0.25) is 14.9 Å². The molecule has 29 heavy (non-hydrogen) atoms. The fourth-order valence-corrected chi connectivity index (χ4v) is 2.53. The first-order chi connectivity index (χ1) is 14.0. The molecule has 0 aliphatic carbocycles. The molecular weight excluding hydrogens is 376 g/mol. The average Bonchev–Trinajstić information content (AvgIpc) is 2.73. The minimum atomic E-state index is -0.682. The highest BCUT2D eigenvalue weighted by Crippen LogP contribution is 2.11. The second-order valence-corrected chi connectivity index (χ2v) is 6.53. The molecule has 8 nitrogen and oxygen atoms in total. The van der Waals surface area contributed by atoms with Crippen molar-refractivity contribution in [2.45, 2.75) is 32.1 Å². The Kier molecular flexibility index (Phi) is 9.77. The van der Waals surface area contributed by atoms with Crippen molar-refractivity contribution >= 4 is 11.7 Å². The zero-order valence-electron chi connectivity index (χ0n) is 16.2. The van der Waals surface area contributed by atoms with E-state index < -0.39 is 11.0 Å². The minimum Gasteiger partial charge on any atom is -0.461 e. The van der Waals surface area contributed by atoms with Crippen LogP contribution >= 0.6 is 0 Å². The van der Waals surface area contributed by atoms with Crippen LogP contribution in [0.3, 0.4) is 0 Å². The lowest BCUT2D eigenvalue weighted by molar-refractivity contribution is -0.384. The largest absolute Gasteiger partial charge is 0.461 e. The summed E-state index contributed by atoms with van der Waals surface area (Å²) in [5.74, 6) is -0.275. The van der Waals surface area contributed by atoms with Crippen molar-refractivity contribution in [3.05, 3.63) is 75.8 Å². The first kappa shape index (κ1) is 22.5. The summed E-state index contributed by atoms with van der Waals surface area (Å²) in [5, 5.41) is 23.6. The molecule has 2 N–H and O–H groups in total. The highest BCUT2D eigenvalue weighted by atomic mass is 16.6. The SMILES string of the molecule is O=C(CCCOCC(O)CNCc1ccc([N+](=O)[O-])cc1)OCc1ccccc1. The second-order valence-electron chi connectivity index (χ2n) is 6.53. The fraction of sp³-hybridized carbons (Fsp3) is 0.381. The van der Waals surface area contributed by atoms with Crippen molar-refractivity contribution in [3.63, 3.8) is 0 Å². The molecule has 1 unspecified atom stereocenters. The van der Waals surface area contributed by atoms with Crippen LogP contribution in [0.5, 0.6) is 0 Å². The Hall–Kier alpha value is -2.81. The Morgan fingerprint density at radius 3 is 2.52 bits per heavy atom. The van der Waals surface area contributed by atoms with E-state index in [1.165, 1.54) is 12.1 Å². The number of carbonyl (C=O) groups excluding carboxylic acids is 1. The number of nitrogens with zero attached hydrogens (tertiary/aromatic N) is 1. The second kappa shape index (κ2) is 12.6. The Morgan fingerprint density at radius 2 is 1.83 bits per heavy atom. The molecule has 0 aliphatic heterocycles. The fourth-order valence-electron chi connectivity index (χ4n) is 2.53. The van der Waals surface area contributed by atoms with E-state index >= 15 is 0 Å². The number of ether oxygens (including phenoxy) is 2. The van der Waals surface area contributed by atoms with Gasteiger partial charge in [0.1, 0.15) is 6.61 Å². The maximum Gasteiger partial charge on any atom is 0.306 e. The minimum absolute atomic E-state index is 0.0473. The Bertz CT molecular complexity index is 752. The molecule has 2 rings (SSSR count). The lowest BCUT2D eigenvalue weighted by Gasteiger charge is -2.12. The monoisotopic (exact) mass is 402 g/mol. The maximum absolute atomic E-state index is 11.7. The molecule has 0 saturated carbocycles. The van der Waals surface area contributed by atoms with Gasteiger partial charge in [0.25, 0.3) is 5.69 Å². The summed E-state index contributed by atoms with van der Waals surface area (Å²) in [7, 11) is 0. The van der Waals surface area contributed by atoms with Gasteiger partial charge in [-0.1, -0.05) is 42.5 Å². The number of aliphatic hydroxyl groups excluding tert-OH is 1. The number of hydrogen-bond donors (Lipinski definition) is 2. The van der Waals surface area contributed by atoms with E-state index in [-0.39, 0.29) is 31.3 Å². The summed E-state index contributed by atoms with van der Waals surface area (Å²) < 4.78 is 10.6. The molecule has 0 aromatic heterocycles.